The fourth-order valence-electron chi connectivity index (χ4n) is 2.48. The van der Waals surface area contributed by atoms with Gasteiger partial charge in [-0.05, 0) is 48.7 Å². The minimum Gasteiger partial charge on any atom is -0.366 e. The number of nitrogens with one attached hydrogen (secondary N) is 2. The molecule has 0 unspecified atom stereocenters. The van der Waals surface area contributed by atoms with Crippen molar-refractivity contribution in [2.24, 2.45) is 0 Å². The van der Waals surface area contributed by atoms with Gasteiger partial charge in [0.15, 0.2) is 0 Å². The molecular formula is C19H19BrN4O. The van der Waals surface area contributed by atoms with Gasteiger partial charge in [0.25, 0.3) is 5.56 Å². The average molecular weight is 399 g/mol. The van der Waals surface area contributed by atoms with Crippen LogP contribution in [0.3, 0.4) is 0 Å². The predicted molar refractivity (Wildman–Crippen MR) is 104 cm³/mol. The Hall–Kier alpha value is -2.47. The standard InChI is InChI=1S/C19H19BrN4O/c1-3-16-9-18(25)24-19(23-16)13-5-7-17(21-10-13)22-11-14-8-15(20)6-4-12(14)2/h4-10H,3,11H2,1-2H3,(H,21,22)(H,23,24,25). The summed E-state index contributed by atoms with van der Waals surface area (Å²) in [5.74, 6) is 1.32. The van der Waals surface area contributed by atoms with E-state index in [0.29, 0.717) is 12.4 Å². The van der Waals surface area contributed by atoms with Crippen molar-refractivity contribution in [3.8, 4) is 11.4 Å². The van der Waals surface area contributed by atoms with E-state index < -0.39 is 0 Å². The molecule has 0 amide bonds. The summed E-state index contributed by atoms with van der Waals surface area (Å²) >= 11 is 3.50. The molecule has 0 atom stereocenters. The molecule has 0 aliphatic carbocycles. The first-order valence-corrected chi connectivity index (χ1v) is 8.90. The van der Waals surface area contributed by atoms with Crippen molar-refractivity contribution < 1.29 is 0 Å². The molecule has 0 spiro atoms. The molecule has 128 valence electrons. The molecule has 2 N–H and O–H groups in total. The van der Waals surface area contributed by atoms with E-state index in [0.717, 1.165) is 28.0 Å². The largest absolute Gasteiger partial charge is 0.366 e. The zero-order chi connectivity index (χ0) is 17.8. The lowest BCUT2D eigenvalue weighted by atomic mass is 10.1. The number of rotatable bonds is 5. The molecule has 0 bridgehead atoms. The Labute approximate surface area is 154 Å². The number of halogens is 1. The Morgan fingerprint density at radius 1 is 1.20 bits per heavy atom. The normalized spacial score (nSPS) is 10.7. The molecule has 0 aliphatic heterocycles. The number of anilines is 1. The zero-order valence-electron chi connectivity index (χ0n) is 14.1. The maximum absolute atomic E-state index is 11.7. The van der Waals surface area contributed by atoms with Crippen LogP contribution in [-0.4, -0.2) is 15.0 Å². The summed E-state index contributed by atoms with van der Waals surface area (Å²) in [5.41, 5.74) is 3.85. The number of aromatic nitrogens is 3. The number of aryl methyl sites for hydroxylation is 2. The highest BCUT2D eigenvalue weighted by atomic mass is 79.9. The van der Waals surface area contributed by atoms with E-state index in [1.54, 1.807) is 6.20 Å². The molecule has 2 heterocycles. The third-order valence-electron chi connectivity index (χ3n) is 3.97. The highest BCUT2D eigenvalue weighted by Gasteiger charge is 2.05. The topological polar surface area (TPSA) is 70.7 Å². The SMILES string of the molecule is CCc1cc(=O)[nH]c(-c2ccc(NCc3cc(Br)ccc3C)nc2)n1. The maximum atomic E-state index is 11.7. The number of pyridine rings is 1. The Morgan fingerprint density at radius 2 is 2.04 bits per heavy atom. The molecule has 1 aromatic carbocycles. The van der Waals surface area contributed by atoms with Gasteiger partial charge in [0, 0.05) is 34.5 Å². The van der Waals surface area contributed by atoms with E-state index in [1.165, 1.54) is 17.2 Å². The molecule has 0 radical (unpaired) electrons. The summed E-state index contributed by atoms with van der Waals surface area (Å²) in [6, 6.07) is 11.5. The van der Waals surface area contributed by atoms with Crippen LogP contribution >= 0.6 is 15.9 Å². The summed E-state index contributed by atoms with van der Waals surface area (Å²) in [6.07, 6.45) is 2.43. The van der Waals surface area contributed by atoms with Crippen molar-refractivity contribution in [2.45, 2.75) is 26.8 Å². The van der Waals surface area contributed by atoms with E-state index >= 15 is 0 Å². The molecule has 0 fully saturated rings. The third-order valence-corrected chi connectivity index (χ3v) is 4.46. The van der Waals surface area contributed by atoms with Crippen LogP contribution in [0.15, 0.2) is 51.9 Å². The van der Waals surface area contributed by atoms with Crippen LogP contribution in [0.4, 0.5) is 5.82 Å². The fourth-order valence-corrected chi connectivity index (χ4v) is 2.89. The number of nitrogens with zero attached hydrogens (tertiary/aromatic N) is 2. The van der Waals surface area contributed by atoms with Crippen molar-refractivity contribution >= 4 is 21.7 Å². The molecule has 5 nitrogen and oxygen atoms in total. The van der Waals surface area contributed by atoms with E-state index in [2.05, 4.69) is 55.3 Å². The number of aromatic amines is 1. The van der Waals surface area contributed by atoms with Crippen molar-refractivity contribution in [3.05, 3.63) is 74.2 Å². The predicted octanol–water partition coefficient (Wildman–Crippen LogP) is 4.08. The van der Waals surface area contributed by atoms with Gasteiger partial charge in [-0.1, -0.05) is 28.9 Å². The highest BCUT2D eigenvalue weighted by Crippen LogP contribution is 2.18. The van der Waals surface area contributed by atoms with Gasteiger partial charge in [-0.2, -0.15) is 0 Å². The molecular weight excluding hydrogens is 380 g/mol. The quantitative estimate of drug-likeness (QED) is 0.679. The maximum Gasteiger partial charge on any atom is 0.251 e. The first-order chi connectivity index (χ1) is 12.0. The van der Waals surface area contributed by atoms with Crippen molar-refractivity contribution in [1.29, 1.82) is 0 Å². The van der Waals surface area contributed by atoms with Gasteiger partial charge in [-0.3, -0.25) is 4.79 Å². The average Bonchev–Trinajstić information content (AvgIpc) is 2.62. The molecule has 0 saturated carbocycles. The lowest BCUT2D eigenvalue weighted by Crippen LogP contribution is -2.10. The lowest BCUT2D eigenvalue weighted by Gasteiger charge is -2.09. The first-order valence-electron chi connectivity index (χ1n) is 8.10. The highest BCUT2D eigenvalue weighted by molar-refractivity contribution is 9.10. The Bertz CT molecular complexity index is 935. The van der Waals surface area contributed by atoms with E-state index in [4.69, 9.17) is 0 Å². The summed E-state index contributed by atoms with van der Waals surface area (Å²) in [6.45, 7) is 4.75. The van der Waals surface area contributed by atoms with Crippen LogP contribution < -0.4 is 10.9 Å². The van der Waals surface area contributed by atoms with Crippen molar-refractivity contribution in [1.82, 2.24) is 15.0 Å². The van der Waals surface area contributed by atoms with E-state index in [-0.39, 0.29) is 5.56 Å². The fraction of sp³-hybridized carbons (Fsp3) is 0.211. The van der Waals surface area contributed by atoms with Crippen LogP contribution in [0.1, 0.15) is 23.7 Å². The minimum atomic E-state index is -0.144. The first kappa shape index (κ1) is 17.4. The molecule has 3 rings (SSSR count). The van der Waals surface area contributed by atoms with Crippen molar-refractivity contribution in [2.75, 3.05) is 5.32 Å². The Morgan fingerprint density at radius 3 is 2.76 bits per heavy atom. The van der Waals surface area contributed by atoms with E-state index in [9.17, 15) is 4.79 Å². The Kier molecular flexibility index (Phi) is 5.28. The van der Waals surface area contributed by atoms with Gasteiger partial charge in [0.1, 0.15) is 11.6 Å². The van der Waals surface area contributed by atoms with Crippen molar-refractivity contribution in [3.63, 3.8) is 0 Å². The second-order valence-electron chi connectivity index (χ2n) is 5.80. The molecule has 0 saturated heterocycles. The van der Waals surface area contributed by atoms with E-state index in [1.807, 2.05) is 25.1 Å². The summed E-state index contributed by atoms with van der Waals surface area (Å²) < 4.78 is 1.06. The monoisotopic (exact) mass is 398 g/mol. The number of H-pyrrole nitrogens is 1. The molecule has 3 aromatic rings. The van der Waals surface area contributed by atoms with Gasteiger partial charge in [-0.25, -0.2) is 9.97 Å². The molecule has 2 aromatic heterocycles. The van der Waals surface area contributed by atoms with Crippen LogP contribution in [0.5, 0.6) is 0 Å². The summed E-state index contributed by atoms with van der Waals surface area (Å²) in [4.78, 5) is 23.3. The van der Waals surface area contributed by atoms with Crippen LogP contribution in [0.25, 0.3) is 11.4 Å². The van der Waals surface area contributed by atoms with Gasteiger partial charge < -0.3 is 10.3 Å². The third kappa shape index (κ3) is 4.33. The summed E-state index contributed by atoms with van der Waals surface area (Å²) in [7, 11) is 0. The smallest absolute Gasteiger partial charge is 0.251 e. The van der Waals surface area contributed by atoms with Crippen LogP contribution in [0.2, 0.25) is 0 Å². The van der Waals surface area contributed by atoms with Crippen LogP contribution in [-0.2, 0) is 13.0 Å². The minimum absolute atomic E-state index is 0.144. The number of hydrogen-bond acceptors (Lipinski definition) is 4. The van der Waals surface area contributed by atoms with Gasteiger partial charge >= 0.3 is 0 Å². The number of benzene rings is 1. The van der Waals surface area contributed by atoms with Gasteiger partial charge in [0.2, 0.25) is 0 Å². The molecule has 25 heavy (non-hydrogen) atoms. The molecule has 0 aliphatic rings. The Balaban J connectivity index is 1.75. The lowest BCUT2D eigenvalue weighted by molar-refractivity contribution is 0.985. The zero-order valence-corrected chi connectivity index (χ0v) is 15.7. The van der Waals surface area contributed by atoms with Crippen LogP contribution in [0, 0.1) is 6.92 Å². The molecule has 6 heteroatoms. The number of hydrogen-bond donors (Lipinski definition) is 2. The second kappa shape index (κ2) is 7.61. The summed E-state index contributed by atoms with van der Waals surface area (Å²) in [5, 5.41) is 3.32. The van der Waals surface area contributed by atoms with Gasteiger partial charge in [0.05, 0.1) is 0 Å². The second-order valence-corrected chi connectivity index (χ2v) is 6.71. The van der Waals surface area contributed by atoms with Gasteiger partial charge in [-0.15, -0.1) is 0 Å².